The highest BCUT2D eigenvalue weighted by molar-refractivity contribution is 5.80. The molecule has 2 aromatic rings. The molecule has 0 saturated heterocycles. The van der Waals surface area contributed by atoms with Crippen molar-refractivity contribution in [3.8, 4) is 23.5 Å². The Hall–Kier alpha value is -3.17. The lowest BCUT2D eigenvalue weighted by atomic mass is 10.1. The SMILES string of the molecule is COC#CCOc1ccc(CCNC(=O)C(O)COc2ccc(C)cc2)cc1. The second-order valence-electron chi connectivity index (χ2n) is 6.10. The van der Waals surface area contributed by atoms with Gasteiger partial charge in [0.15, 0.2) is 12.7 Å². The van der Waals surface area contributed by atoms with Gasteiger partial charge in [-0.1, -0.05) is 29.8 Å². The fraction of sp³-hybridized carbons (Fsp3) is 0.318. The largest absolute Gasteiger partial charge is 0.490 e. The number of aliphatic hydroxyl groups is 1. The molecular formula is C22H25NO5. The van der Waals surface area contributed by atoms with Gasteiger partial charge in [0.2, 0.25) is 0 Å². The minimum atomic E-state index is -1.22. The number of amides is 1. The van der Waals surface area contributed by atoms with Crippen molar-refractivity contribution in [1.29, 1.82) is 0 Å². The molecule has 0 radical (unpaired) electrons. The van der Waals surface area contributed by atoms with E-state index in [4.69, 9.17) is 9.47 Å². The van der Waals surface area contributed by atoms with Crippen molar-refractivity contribution in [3.05, 3.63) is 59.7 Å². The van der Waals surface area contributed by atoms with Crippen molar-refractivity contribution in [1.82, 2.24) is 5.32 Å². The number of carbonyl (C=O) groups excluding carboxylic acids is 1. The van der Waals surface area contributed by atoms with E-state index in [9.17, 15) is 9.90 Å². The van der Waals surface area contributed by atoms with Gasteiger partial charge in [-0.25, -0.2) is 0 Å². The highest BCUT2D eigenvalue weighted by atomic mass is 16.5. The number of benzene rings is 2. The third kappa shape index (κ3) is 7.60. The molecule has 1 atom stereocenters. The average Bonchev–Trinajstić information content (AvgIpc) is 2.71. The first kappa shape index (κ1) is 21.1. The van der Waals surface area contributed by atoms with Crippen LogP contribution < -0.4 is 14.8 Å². The molecule has 148 valence electrons. The summed E-state index contributed by atoms with van der Waals surface area (Å²) in [5.41, 5.74) is 2.16. The van der Waals surface area contributed by atoms with Crippen molar-refractivity contribution in [2.45, 2.75) is 19.4 Å². The Labute approximate surface area is 165 Å². The van der Waals surface area contributed by atoms with Gasteiger partial charge in [-0.3, -0.25) is 4.79 Å². The quantitative estimate of drug-likeness (QED) is 0.649. The molecule has 0 spiro atoms. The van der Waals surface area contributed by atoms with Crippen LogP contribution in [0, 0.1) is 19.0 Å². The standard InChI is InChI=1S/C22H25NO5/c1-17-4-8-20(9-5-17)28-16-21(24)22(25)23-13-12-18-6-10-19(11-7-18)27-15-3-14-26-2/h4-11,21,24H,12-13,15-16H2,1-2H3,(H,23,25). The van der Waals surface area contributed by atoms with Gasteiger partial charge in [0, 0.05) is 6.54 Å². The van der Waals surface area contributed by atoms with Gasteiger partial charge in [0.25, 0.3) is 5.91 Å². The number of nitrogens with one attached hydrogen (secondary N) is 1. The molecule has 0 fully saturated rings. The number of carbonyl (C=O) groups is 1. The fourth-order valence-electron chi connectivity index (χ4n) is 2.31. The molecule has 0 aliphatic carbocycles. The molecule has 1 unspecified atom stereocenters. The van der Waals surface area contributed by atoms with Crippen LogP contribution in [0.25, 0.3) is 0 Å². The first-order valence-corrected chi connectivity index (χ1v) is 8.96. The smallest absolute Gasteiger partial charge is 0.252 e. The molecule has 6 nitrogen and oxygen atoms in total. The van der Waals surface area contributed by atoms with Crippen LogP contribution in [-0.4, -0.2) is 44.0 Å². The molecule has 2 aromatic carbocycles. The summed E-state index contributed by atoms with van der Waals surface area (Å²) in [6.45, 7) is 2.56. The minimum Gasteiger partial charge on any atom is -0.490 e. The number of aliphatic hydroxyl groups excluding tert-OH is 1. The third-order valence-electron chi connectivity index (χ3n) is 3.85. The van der Waals surface area contributed by atoms with E-state index in [-0.39, 0.29) is 13.2 Å². The molecule has 1 amide bonds. The Balaban J connectivity index is 1.67. The Morgan fingerprint density at radius 2 is 1.71 bits per heavy atom. The summed E-state index contributed by atoms with van der Waals surface area (Å²) in [5, 5.41) is 12.6. The maximum Gasteiger partial charge on any atom is 0.252 e. The molecule has 28 heavy (non-hydrogen) atoms. The summed E-state index contributed by atoms with van der Waals surface area (Å²) in [6, 6.07) is 14.9. The number of methoxy groups -OCH3 is 1. The lowest BCUT2D eigenvalue weighted by Crippen LogP contribution is -2.39. The van der Waals surface area contributed by atoms with E-state index in [2.05, 4.69) is 22.1 Å². The van der Waals surface area contributed by atoms with Crippen LogP contribution >= 0.6 is 0 Å². The Bertz CT molecular complexity index is 790. The third-order valence-corrected chi connectivity index (χ3v) is 3.85. The van der Waals surface area contributed by atoms with Gasteiger partial charge in [0.1, 0.15) is 24.2 Å². The number of rotatable bonds is 9. The molecule has 0 heterocycles. The molecule has 2 rings (SSSR count). The number of aryl methyl sites for hydroxylation is 1. The van der Waals surface area contributed by atoms with Crippen LogP contribution in [0.15, 0.2) is 48.5 Å². The van der Waals surface area contributed by atoms with Crippen LogP contribution in [0.2, 0.25) is 0 Å². The van der Waals surface area contributed by atoms with Crippen LogP contribution in [0.3, 0.4) is 0 Å². The minimum absolute atomic E-state index is 0.0904. The van der Waals surface area contributed by atoms with Crippen LogP contribution in [0.5, 0.6) is 11.5 Å². The second-order valence-corrected chi connectivity index (χ2v) is 6.10. The molecule has 2 N–H and O–H groups in total. The molecule has 0 aliphatic heterocycles. The molecule has 0 bridgehead atoms. The van der Waals surface area contributed by atoms with E-state index in [1.54, 1.807) is 12.1 Å². The summed E-state index contributed by atoms with van der Waals surface area (Å²) >= 11 is 0. The number of ether oxygens (including phenoxy) is 3. The monoisotopic (exact) mass is 383 g/mol. The topological polar surface area (TPSA) is 77.0 Å². The lowest BCUT2D eigenvalue weighted by molar-refractivity contribution is -0.130. The van der Waals surface area contributed by atoms with Crippen molar-refractivity contribution in [2.24, 2.45) is 0 Å². The van der Waals surface area contributed by atoms with Gasteiger partial charge >= 0.3 is 0 Å². The molecule has 0 aliphatic rings. The normalized spacial score (nSPS) is 11.0. The number of hydrogen-bond acceptors (Lipinski definition) is 5. The van der Waals surface area contributed by atoms with Crippen LogP contribution in [-0.2, 0) is 16.0 Å². The van der Waals surface area contributed by atoms with Gasteiger partial charge in [-0.05, 0) is 49.1 Å². The summed E-state index contributed by atoms with van der Waals surface area (Å²) in [6.07, 6.45) is 1.88. The van der Waals surface area contributed by atoms with Crippen LogP contribution in [0.1, 0.15) is 11.1 Å². The van der Waals surface area contributed by atoms with E-state index < -0.39 is 12.0 Å². The van der Waals surface area contributed by atoms with E-state index in [0.29, 0.717) is 24.5 Å². The Kier molecular flexibility index (Phi) is 8.70. The zero-order valence-electron chi connectivity index (χ0n) is 16.1. The van der Waals surface area contributed by atoms with E-state index in [1.165, 1.54) is 7.11 Å². The van der Waals surface area contributed by atoms with Gasteiger partial charge in [0.05, 0.1) is 7.11 Å². The predicted octanol–water partition coefficient (Wildman–Crippen LogP) is 2.08. The van der Waals surface area contributed by atoms with Gasteiger partial charge in [-0.2, -0.15) is 0 Å². The molecule has 0 aromatic heterocycles. The average molecular weight is 383 g/mol. The zero-order valence-corrected chi connectivity index (χ0v) is 16.1. The van der Waals surface area contributed by atoms with Crippen LogP contribution in [0.4, 0.5) is 0 Å². The summed E-state index contributed by atoms with van der Waals surface area (Å²) < 4.78 is 15.5. The van der Waals surface area contributed by atoms with Crippen molar-refractivity contribution in [3.63, 3.8) is 0 Å². The lowest BCUT2D eigenvalue weighted by Gasteiger charge is -2.13. The second kappa shape index (κ2) is 11.5. The molecular weight excluding hydrogens is 358 g/mol. The van der Waals surface area contributed by atoms with Gasteiger partial charge < -0.3 is 24.6 Å². The van der Waals surface area contributed by atoms with Crippen molar-refractivity contribution < 1.29 is 24.1 Å². The van der Waals surface area contributed by atoms with Gasteiger partial charge in [-0.15, -0.1) is 0 Å². The van der Waals surface area contributed by atoms with E-state index >= 15 is 0 Å². The highest BCUT2D eigenvalue weighted by Gasteiger charge is 2.15. The summed E-state index contributed by atoms with van der Waals surface area (Å²) in [7, 11) is 1.50. The maximum atomic E-state index is 12.0. The first-order chi connectivity index (χ1) is 13.6. The van der Waals surface area contributed by atoms with E-state index in [1.807, 2.05) is 43.3 Å². The maximum absolute atomic E-state index is 12.0. The van der Waals surface area contributed by atoms with Crippen molar-refractivity contribution in [2.75, 3.05) is 26.9 Å². The zero-order chi connectivity index (χ0) is 20.2. The first-order valence-electron chi connectivity index (χ1n) is 8.96. The molecule has 6 heteroatoms. The fourth-order valence-corrected chi connectivity index (χ4v) is 2.31. The Morgan fingerprint density at radius 1 is 1.07 bits per heavy atom. The summed E-state index contributed by atoms with van der Waals surface area (Å²) in [4.78, 5) is 12.0. The van der Waals surface area contributed by atoms with E-state index in [0.717, 1.165) is 11.1 Å². The number of hydrogen-bond donors (Lipinski definition) is 2. The highest BCUT2D eigenvalue weighted by Crippen LogP contribution is 2.13. The van der Waals surface area contributed by atoms with Crippen molar-refractivity contribution >= 4 is 5.91 Å². The Morgan fingerprint density at radius 3 is 2.39 bits per heavy atom. The molecule has 0 saturated carbocycles. The predicted molar refractivity (Wildman–Crippen MR) is 106 cm³/mol. The summed E-state index contributed by atoms with van der Waals surface area (Å²) in [5.74, 6) is 3.58.